The number of nitrogens with zero attached hydrogens (tertiary/aromatic N) is 1. The Morgan fingerprint density at radius 1 is 1.06 bits per heavy atom. The van der Waals surface area contributed by atoms with E-state index in [-0.39, 0.29) is 0 Å². The summed E-state index contributed by atoms with van der Waals surface area (Å²) in [5, 5.41) is 9.01. The van der Waals surface area contributed by atoms with Crippen molar-refractivity contribution < 1.29 is 4.74 Å². The monoisotopic (exact) mass is 223 g/mol. The third-order valence-electron chi connectivity index (χ3n) is 2.69. The molecule has 0 saturated carbocycles. The Bertz CT molecular complexity index is 538. The molecule has 0 heterocycles. The molecular formula is C15H13NO. The third kappa shape index (κ3) is 2.64. The first-order chi connectivity index (χ1) is 8.33. The van der Waals surface area contributed by atoms with Crippen molar-refractivity contribution in [2.24, 2.45) is 0 Å². The SMILES string of the molecule is COc1ccc(Cc2ccccc2C#N)cc1. The first kappa shape index (κ1) is 11.2. The molecule has 0 aliphatic carbocycles. The molecule has 0 N–H and O–H groups in total. The number of benzene rings is 2. The van der Waals surface area contributed by atoms with E-state index < -0.39 is 0 Å². The van der Waals surface area contributed by atoms with Crippen molar-refractivity contribution in [3.63, 3.8) is 0 Å². The van der Waals surface area contributed by atoms with E-state index >= 15 is 0 Å². The minimum absolute atomic E-state index is 0.739. The molecule has 2 nitrogen and oxygen atoms in total. The number of hydrogen-bond acceptors (Lipinski definition) is 2. The van der Waals surface area contributed by atoms with E-state index in [1.54, 1.807) is 7.11 Å². The number of rotatable bonds is 3. The van der Waals surface area contributed by atoms with Gasteiger partial charge in [0.1, 0.15) is 5.75 Å². The smallest absolute Gasteiger partial charge is 0.118 e. The van der Waals surface area contributed by atoms with Crippen LogP contribution in [-0.2, 0) is 6.42 Å². The van der Waals surface area contributed by atoms with Gasteiger partial charge in [-0.05, 0) is 35.7 Å². The van der Waals surface area contributed by atoms with Crippen molar-refractivity contribution in [2.45, 2.75) is 6.42 Å². The van der Waals surface area contributed by atoms with Crippen molar-refractivity contribution in [1.29, 1.82) is 5.26 Å². The van der Waals surface area contributed by atoms with Gasteiger partial charge in [0, 0.05) is 0 Å². The molecule has 0 fully saturated rings. The van der Waals surface area contributed by atoms with Gasteiger partial charge in [0.15, 0.2) is 0 Å². The molecule has 0 radical (unpaired) electrons. The van der Waals surface area contributed by atoms with E-state index in [2.05, 4.69) is 6.07 Å². The largest absolute Gasteiger partial charge is 0.497 e. The summed E-state index contributed by atoms with van der Waals surface area (Å²) >= 11 is 0. The summed E-state index contributed by atoms with van der Waals surface area (Å²) in [4.78, 5) is 0. The minimum Gasteiger partial charge on any atom is -0.497 e. The van der Waals surface area contributed by atoms with Gasteiger partial charge < -0.3 is 4.74 Å². The molecule has 84 valence electrons. The fourth-order valence-electron chi connectivity index (χ4n) is 1.75. The molecule has 17 heavy (non-hydrogen) atoms. The van der Waals surface area contributed by atoms with Crippen LogP contribution in [0.25, 0.3) is 0 Å². The van der Waals surface area contributed by atoms with Gasteiger partial charge in [-0.2, -0.15) is 5.26 Å². The lowest BCUT2D eigenvalue weighted by Gasteiger charge is -2.05. The molecule has 0 aliphatic rings. The van der Waals surface area contributed by atoms with Crippen LogP contribution in [0.3, 0.4) is 0 Å². The fraction of sp³-hybridized carbons (Fsp3) is 0.133. The summed E-state index contributed by atoms with van der Waals surface area (Å²) in [5.41, 5.74) is 2.97. The number of ether oxygens (including phenoxy) is 1. The van der Waals surface area contributed by atoms with Crippen LogP contribution in [0.15, 0.2) is 48.5 Å². The van der Waals surface area contributed by atoms with Crippen LogP contribution >= 0.6 is 0 Å². The Labute approximate surface area is 101 Å². The van der Waals surface area contributed by atoms with E-state index in [1.165, 1.54) is 5.56 Å². The molecule has 0 unspecified atom stereocenters. The van der Waals surface area contributed by atoms with Crippen molar-refractivity contribution in [3.8, 4) is 11.8 Å². The summed E-state index contributed by atoms with van der Waals surface area (Å²) in [6.07, 6.45) is 0.772. The van der Waals surface area contributed by atoms with Crippen LogP contribution in [0.2, 0.25) is 0 Å². The van der Waals surface area contributed by atoms with Crippen LogP contribution in [0.4, 0.5) is 0 Å². The molecule has 2 rings (SSSR count). The second-order valence-electron chi connectivity index (χ2n) is 3.79. The van der Waals surface area contributed by atoms with E-state index in [4.69, 9.17) is 10.00 Å². The Hall–Kier alpha value is -2.27. The standard InChI is InChI=1S/C15H13NO/c1-17-15-8-6-12(7-9-15)10-13-4-2-3-5-14(13)11-16/h2-9H,10H2,1H3. The summed E-state index contributed by atoms with van der Waals surface area (Å²) < 4.78 is 5.11. The zero-order valence-corrected chi connectivity index (χ0v) is 9.68. The molecule has 0 amide bonds. The highest BCUT2D eigenvalue weighted by atomic mass is 16.5. The maximum atomic E-state index is 9.01. The highest BCUT2D eigenvalue weighted by Crippen LogP contribution is 2.16. The summed E-state index contributed by atoms with van der Waals surface area (Å²) in [5.74, 6) is 0.849. The number of nitriles is 1. The van der Waals surface area contributed by atoms with Gasteiger partial charge in [-0.25, -0.2) is 0 Å². The average molecular weight is 223 g/mol. The van der Waals surface area contributed by atoms with E-state index in [0.717, 1.165) is 23.3 Å². The first-order valence-electron chi connectivity index (χ1n) is 5.44. The van der Waals surface area contributed by atoms with Crippen LogP contribution in [-0.4, -0.2) is 7.11 Å². The Kier molecular flexibility index (Phi) is 3.42. The van der Waals surface area contributed by atoms with Crippen molar-refractivity contribution >= 4 is 0 Å². The van der Waals surface area contributed by atoms with Crippen LogP contribution in [0.1, 0.15) is 16.7 Å². The predicted octanol–water partition coefficient (Wildman–Crippen LogP) is 3.16. The Morgan fingerprint density at radius 2 is 1.76 bits per heavy atom. The highest BCUT2D eigenvalue weighted by Gasteiger charge is 2.02. The number of methoxy groups -OCH3 is 1. The lowest BCUT2D eigenvalue weighted by Crippen LogP contribution is -1.92. The molecule has 0 aliphatic heterocycles. The van der Waals surface area contributed by atoms with E-state index in [1.807, 2.05) is 48.5 Å². The average Bonchev–Trinajstić information content (AvgIpc) is 2.40. The van der Waals surface area contributed by atoms with Gasteiger partial charge in [0.2, 0.25) is 0 Å². The van der Waals surface area contributed by atoms with Crippen LogP contribution in [0, 0.1) is 11.3 Å². The van der Waals surface area contributed by atoms with Gasteiger partial charge in [-0.1, -0.05) is 30.3 Å². The summed E-state index contributed by atoms with van der Waals surface area (Å²) in [6.45, 7) is 0. The second kappa shape index (κ2) is 5.18. The van der Waals surface area contributed by atoms with Crippen LogP contribution < -0.4 is 4.74 Å². The molecule has 0 atom stereocenters. The molecule has 0 saturated heterocycles. The minimum atomic E-state index is 0.739. The summed E-state index contributed by atoms with van der Waals surface area (Å²) in [6, 6.07) is 17.8. The van der Waals surface area contributed by atoms with Crippen molar-refractivity contribution in [3.05, 3.63) is 65.2 Å². The quantitative estimate of drug-likeness (QED) is 0.800. The predicted molar refractivity (Wildman–Crippen MR) is 67.0 cm³/mol. The third-order valence-corrected chi connectivity index (χ3v) is 2.69. The van der Waals surface area contributed by atoms with Crippen molar-refractivity contribution in [2.75, 3.05) is 7.11 Å². The second-order valence-corrected chi connectivity index (χ2v) is 3.79. The van der Waals surface area contributed by atoms with Crippen LogP contribution in [0.5, 0.6) is 5.75 Å². The molecule has 0 spiro atoms. The Balaban J connectivity index is 2.23. The molecule has 2 aromatic carbocycles. The Morgan fingerprint density at radius 3 is 2.41 bits per heavy atom. The summed E-state index contributed by atoms with van der Waals surface area (Å²) in [7, 11) is 1.65. The molecule has 2 heteroatoms. The van der Waals surface area contributed by atoms with Crippen molar-refractivity contribution in [1.82, 2.24) is 0 Å². The van der Waals surface area contributed by atoms with Gasteiger partial charge in [0.05, 0.1) is 18.7 Å². The van der Waals surface area contributed by atoms with E-state index in [0.29, 0.717) is 0 Å². The number of hydrogen-bond donors (Lipinski definition) is 0. The highest BCUT2D eigenvalue weighted by molar-refractivity contribution is 5.41. The van der Waals surface area contributed by atoms with Gasteiger partial charge >= 0.3 is 0 Å². The molecular weight excluding hydrogens is 210 g/mol. The normalized spacial score (nSPS) is 9.65. The lowest BCUT2D eigenvalue weighted by molar-refractivity contribution is 0.414. The lowest BCUT2D eigenvalue weighted by atomic mass is 10.0. The zero-order valence-electron chi connectivity index (χ0n) is 9.68. The molecule has 0 aromatic heterocycles. The van der Waals surface area contributed by atoms with Gasteiger partial charge in [0.25, 0.3) is 0 Å². The van der Waals surface area contributed by atoms with Gasteiger partial charge in [-0.15, -0.1) is 0 Å². The maximum absolute atomic E-state index is 9.01. The topological polar surface area (TPSA) is 33.0 Å². The fourth-order valence-corrected chi connectivity index (χ4v) is 1.75. The molecule has 2 aromatic rings. The molecule has 0 bridgehead atoms. The van der Waals surface area contributed by atoms with E-state index in [9.17, 15) is 0 Å². The first-order valence-corrected chi connectivity index (χ1v) is 5.44. The maximum Gasteiger partial charge on any atom is 0.118 e. The zero-order chi connectivity index (χ0) is 12.1. The van der Waals surface area contributed by atoms with Gasteiger partial charge in [-0.3, -0.25) is 0 Å².